The molecule has 0 N–H and O–H groups in total. The summed E-state index contributed by atoms with van der Waals surface area (Å²) >= 11 is 4.28. The Labute approximate surface area is 219 Å². The van der Waals surface area contributed by atoms with E-state index in [9.17, 15) is 0 Å². The van der Waals surface area contributed by atoms with E-state index in [1.54, 1.807) is 0 Å². The van der Waals surface area contributed by atoms with E-state index in [4.69, 9.17) is 0 Å². The van der Waals surface area contributed by atoms with E-state index < -0.39 is 0 Å². The first-order chi connectivity index (χ1) is 15.3. The summed E-state index contributed by atoms with van der Waals surface area (Å²) in [6.45, 7) is 4.61. The third-order valence-electron chi connectivity index (χ3n) is 5.55. The molecule has 2 aromatic rings. The summed E-state index contributed by atoms with van der Waals surface area (Å²) in [7, 11) is 1.02. The number of thioether (sulfide) groups is 2. The van der Waals surface area contributed by atoms with E-state index in [2.05, 4.69) is 98.0 Å². The van der Waals surface area contributed by atoms with Crippen molar-refractivity contribution < 1.29 is 0 Å². The summed E-state index contributed by atoms with van der Waals surface area (Å²) in [5.41, 5.74) is 0. The van der Waals surface area contributed by atoms with E-state index in [1.807, 2.05) is 0 Å². The van der Waals surface area contributed by atoms with E-state index in [-0.39, 0.29) is 17.0 Å². The van der Waals surface area contributed by atoms with Gasteiger partial charge >= 0.3 is 0 Å². The molecule has 0 saturated heterocycles. The molecule has 0 amide bonds. The molecule has 2 unspecified atom stereocenters. The van der Waals surface area contributed by atoms with Gasteiger partial charge in [0, 0.05) is 19.8 Å². The maximum absolute atomic E-state index is 2.31. The van der Waals surface area contributed by atoms with Crippen molar-refractivity contribution >= 4 is 49.1 Å². The smallest absolute Gasteiger partial charge is 0.0277 e. The maximum Gasteiger partial charge on any atom is 0.0277 e. The fourth-order valence-electron chi connectivity index (χ4n) is 3.75. The molecule has 180 valence electrons. The number of benzene rings is 2. The van der Waals surface area contributed by atoms with Crippen LogP contribution in [0.1, 0.15) is 90.9 Å². The quantitative estimate of drug-likeness (QED) is 0.102. The Balaban J connectivity index is 0.00000512. The van der Waals surface area contributed by atoms with Crippen molar-refractivity contribution in [1.82, 2.24) is 0 Å². The van der Waals surface area contributed by atoms with Gasteiger partial charge in [0.25, 0.3) is 0 Å². The molecule has 0 aliphatic heterocycles. The lowest BCUT2D eigenvalue weighted by Gasteiger charge is -2.24. The van der Waals surface area contributed by atoms with Gasteiger partial charge in [-0.2, -0.15) is 0 Å². The van der Waals surface area contributed by atoms with Crippen LogP contribution in [0.4, 0.5) is 0 Å². The second-order valence-corrected chi connectivity index (χ2v) is 13.5. The molecule has 0 heterocycles. The third-order valence-corrected chi connectivity index (χ3v) is 10.5. The van der Waals surface area contributed by atoms with Gasteiger partial charge in [-0.15, -0.1) is 40.5 Å². The Bertz CT molecular complexity index is 595. The van der Waals surface area contributed by atoms with Gasteiger partial charge in [-0.3, -0.25) is 0 Å². The zero-order chi connectivity index (χ0) is 22.0. The standard InChI is InChI=1S/C28H43PS2.BrH/c1-3-5-7-9-17-23-27(30-25-19-13-11-14-20-25)29-28(24-18-10-8-6-4-2)31-26-21-15-12-16-22-26;/h11-16,19-22,27-29H,3-10,17-18,23-24H2,1-2H3;1H. The average Bonchev–Trinajstić information content (AvgIpc) is 2.80. The first-order valence-electron chi connectivity index (χ1n) is 12.5. The monoisotopic (exact) mass is 554 g/mol. The third kappa shape index (κ3) is 14.3. The van der Waals surface area contributed by atoms with Gasteiger partial charge in [0.1, 0.15) is 0 Å². The van der Waals surface area contributed by atoms with Crippen molar-refractivity contribution in [2.24, 2.45) is 0 Å². The SMILES string of the molecule is Br.CCCCCCCC(PC(CCCCCCC)Sc1ccccc1)Sc1ccccc1. The number of unbranched alkanes of at least 4 members (excludes halogenated alkanes) is 8. The summed E-state index contributed by atoms with van der Waals surface area (Å²) in [6.07, 6.45) is 16.6. The van der Waals surface area contributed by atoms with Crippen LogP contribution in [0.2, 0.25) is 0 Å². The Morgan fingerprint density at radius 3 is 1.31 bits per heavy atom. The normalized spacial score (nSPS) is 13.2. The molecule has 0 bridgehead atoms. The molecular weight excluding hydrogens is 511 g/mol. The number of rotatable bonds is 18. The fraction of sp³-hybridized carbons (Fsp3) is 0.571. The number of hydrogen-bond acceptors (Lipinski definition) is 2. The molecule has 4 heteroatoms. The zero-order valence-corrected chi connectivity index (χ0v) is 24.5. The second-order valence-electron chi connectivity index (χ2n) is 8.41. The molecule has 0 aromatic heterocycles. The summed E-state index contributed by atoms with van der Waals surface area (Å²) < 4.78 is 0. The molecule has 0 aliphatic carbocycles. The molecule has 0 saturated carbocycles. The van der Waals surface area contributed by atoms with Gasteiger partial charge in [-0.1, -0.05) is 123 Å². The minimum Gasteiger partial charge on any atom is -0.118 e. The van der Waals surface area contributed by atoms with Crippen LogP contribution >= 0.6 is 49.1 Å². The lowest BCUT2D eigenvalue weighted by molar-refractivity contribution is 0.617. The molecule has 2 aromatic carbocycles. The van der Waals surface area contributed by atoms with Crippen molar-refractivity contribution in [3.8, 4) is 0 Å². The van der Waals surface area contributed by atoms with E-state index in [1.165, 1.54) is 86.8 Å². The lowest BCUT2D eigenvalue weighted by Crippen LogP contribution is -2.04. The Kier molecular flexibility index (Phi) is 19.2. The Morgan fingerprint density at radius 1 is 0.562 bits per heavy atom. The highest BCUT2D eigenvalue weighted by molar-refractivity contribution is 8.93. The van der Waals surface area contributed by atoms with Gasteiger partial charge in [0.15, 0.2) is 0 Å². The van der Waals surface area contributed by atoms with Crippen LogP contribution in [-0.4, -0.2) is 9.98 Å². The highest BCUT2D eigenvalue weighted by Crippen LogP contribution is 2.48. The molecule has 0 fully saturated rings. The fourth-order valence-corrected chi connectivity index (χ4v) is 9.37. The number of hydrogen-bond donors (Lipinski definition) is 0. The van der Waals surface area contributed by atoms with Gasteiger partial charge < -0.3 is 0 Å². The second kappa shape index (κ2) is 20.4. The average molecular weight is 556 g/mol. The molecule has 0 nitrogen and oxygen atoms in total. The first kappa shape index (κ1) is 30.1. The minimum absolute atomic E-state index is 0. The van der Waals surface area contributed by atoms with E-state index >= 15 is 0 Å². The van der Waals surface area contributed by atoms with Crippen molar-refractivity contribution in [3.05, 3.63) is 60.7 Å². The highest BCUT2D eigenvalue weighted by atomic mass is 79.9. The predicted octanol–water partition coefficient (Wildman–Crippen LogP) is 11.2. The van der Waals surface area contributed by atoms with Crippen LogP contribution in [0.25, 0.3) is 0 Å². The van der Waals surface area contributed by atoms with Gasteiger partial charge in [0.05, 0.1) is 0 Å². The number of halogens is 1. The van der Waals surface area contributed by atoms with Gasteiger partial charge in [0.2, 0.25) is 0 Å². The lowest BCUT2D eigenvalue weighted by atomic mass is 10.1. The molecule has 32 heavy (non-hydrogen) atoms. The van der Waals surface area contributed by atoms with Gasteiger partial charge in [-0.25, -0.2) is 0 Å². The zero-order valence-electron chi connectivity index (χ0n) is 20.1. The van der Waals surface area contributed by atoms with Crippen molar-refractivity contribution in [3.63, 3.8) is 0 Å². The minimum atomic E-state index is 0. The largest absolute Gasteiger partial charge is 0.118 e. The van der Waals surface area contributed by atoms with Crippen LogP contribution in [0.5, 0.6) is 0 Å². The summed E-state index contributed by atoms with van der Waals surface area (Å²) in [4.78, 5) is 4.39. The molecular formula is C28H44BrPS2. The van der Waals surface area contributed by atoms with Crippen LogP contribution in [0.3, 0.4) is 0 Å². The van der Waals surface area contributed by atoms with Crippen LogP contribution in [-0.2, 0) is 0 Å². The van der Waals surface area contributed by atoms with Gasteiger partial charge in [-0.05, 0) is 37.1 Å². The molecule has 2 atom stereocenters. The van der Waals surface area contributed by atoms with Crippen LogP contribution < -0.4 is 0 Å². The summed E-state index contributed by atoms with van der Waals surface area (Å²) in [5.74, 6) is 0. The van der Waals surface area contributed by atoms with Crippen molar-refractivity contribution in [2.75, 3.05) is 0 Å². The molecule has 0 aliphatic rings. The summed E-state index contributed by atoms with van der Waals surface area (Å²) in [5, 5.41) is 0. The predicted molar refractivity (Wildman–Crippen MR) is 158 cm³/mol. The Hall–Kier alpha value is 0.0500. The molecule has 0 spiro atoms. The topological polar surface area (TPSA) is 0 Å². The van der Waals surface area contributed by atoms with Crippen LogP contribution in [0.15, 0.2) is 70.5 Å². The van der Waals surface area contributed by atoms with E-state index in [0.717, 1.165) is 18.6 Å². The van der Waals surface area contributed by atoms with E-state index in [0.29, 0.717) is 0 Å². The maximum atomic E-state index is 2.31. The Morgan fingerprint density at radius 2 is 0.938 bits per heavy atom. The van der Waals surface area contributed by atoms with Crippen molar-refractivity contribution in [1.29, 1.82) is 0 Å². The molecule has 2 rings (SSSR count). The van der Waals surface area contributed by atoms with Crippen LogP contribution in [0, 0.1) is 0 Å². The summed E-state index contributed by atoms with van der Waals surface area (Å²) in [6, 6.07) is 22.2. The van der Waals surface area contributed by atoms with Crippen molar-refractivity contribution in [2.45, 2.75) is 111 Å². The molecule has 0 radical (unpaired) electrons. The first-order valence-corrected chi connectivity index (χ1v) is 15.4. The highest BCUT2D eigenvalue weighted by Gasteiger charge is 2.19.